The molecule has 3 rings (SSSR count). The Morgan fingerprint density at radius 2 is 2.05 bits per heavy atom. The van der Waals surface area contributed by atoms with Crippen molar-refractivity contribution in [2.75, 3.05) is 6.79 Å². The Labute approximate surface area is 141 Å². The van der Waals surface area contributed by atoms with E-state index in [1.54, 1.807) is 12.3 Å². The highest BCUT2D eigenvalue weighted by Crippen LogP contribution is 2.32. The minimum absolute atomic E-state index is 0.180. The minimum atomic E-state index is -0.180. The minimum Gasteiger partial charge on any atom is -0.454 e. The van der Waals surface area contributed by atoms with Crippen molar-refractivity contribution in [3.8, 4) is 11.5 Å². The van der Waals surface area contributed by atoms with E-state index >= 15 is 0 Å². The van der Waals surface area contributed by atoms with Crippen LogP contribution in [0.3, 0.4) is 0 Å². The van der Waals surface area contributed by atoms with Crippen LogP contribution >= 0.6 is 22.6 Å². The third-order valence-corrected chi connectivity index (χ3v) is 4.08. The first-order valence-corrected chi connectivity index (χ1v) is 7.75. The van der Waals surface area contributed by atoms with Crippen molar-refractivity contribution in [3.63, 3.8) is 0 Å². The number of nitrogens with zero attached hydrogens (tertiary/aromatic N) is 1. The zero-order valence-electron chi connectivity index (χ0n) is 11.6. The van der Waals surface area contributed by atoms with Gasteiger partial charge >= 0.3 is 0 Å². The van der Waals surface area contributed by atoms with Crippen molar-refractivity contribution in [3.05, 3.63) is 57.2 Å². The van der Waals surface area contributed by atoms with Gasteiger partial charge in [0.25, 0.3) is 0 Å². The number of hydrazone groups is 1. The van der Waals surface area contributed by atoms with Crippen molar-refractivity contribution in [2.45, 2.75) is 6.42 Å². The third-order valence-electron chi connectivity index (χ3n) is 3.10. The van der Waals surface area contributed by atoms with E-state index in [0.717, 1.165) is 14.7 Å². The van der Waals surface area contributed by atoms with Crippen LogP contribution in [0.1, 0.15) is 11.1 Å². The summed E-state index contributed by atoms with van der Waals surface area (Å²) in [7, 11) is 0. The maximum atomic E-state index is 11.9. The Kier molecular flexibility index (Phi) is 4.57. The quantitative estimate of drug-likeness (QED) is 0.481. The summed E-state index contributed by atoms with van der Waals surface area (Å²) in [4.78, 5) is 11.9. The summed E-state index contributed by atoms with van der Waals surface area (Å²) in [5.74, 6) is 1.20. The molecule has 6 heteroatoms. The third kappa shape index (κ3) is 3.56. The number of amides is 1. The fourth-order valence-electron chi connectivity index (χ4n) is 2.03. The maximum Gasteiger partial charge on any atom is 0.244 e. The van der Waals surface area contributed by atoms with Gasteiger partial charge in [-0.3, -0.25) is 4.79 Å². The van der Waals surface area contributed by atoms with Gasteiger partial charge in [-0.15, -0.1) is 0 Å². The van der Waals surface area contributed by atoms with E-state index in [0.29, 0.717) is 11.5 Å². The molecule has 112 valence electrons. The van der Waals surface area contributed by atoms with Crippen LogP contribution in [-0.4, -0.2) is 18.9 Å². The molecule has 0 aliphatic carbocycles. The zero-order chi connectivity index (χ0) is 15.4. The lowest BCUT2D eigenvalue weighted by Crippen LogP contribution is -2.19. The summed E-state index contributed by atoms with van der Waals surface area (Å²) >= 11 is 2.22. The van der Waals surface area contributed by atoms with E-state index in [9.17, 15) is 4.79 Å². The molecular formula is C16H13IN2O3. The summed E-state index contributed by atoms with van der Waals surface area (Å²) in [6.45, 7) is 0.227. The van der Waals surface area contributed by atoms with Gasteiger partial charge in [-0.25, -0.2) is 5.43 Å². The van der Waals surface area contributed by atoms with Crippen LogP contribution < -0.4 is 14.9 Å². The van der Waals surface area contributed by atoms with Crippen LogP contribution in [0.2, 0.25) is 0 Å². The first-order chi connectivity index (χ1) is 10.7. The number of rotatable bonds is 4. The monoisotopic (exact) mass is 408 g/mol. The molecular weight excluding hydrogens is 395 g/mol. The molecule has 1 aliphatic heterocycles. The van der Waals surface area contributed by atoms with Gasteiger partial charge in [0, 0.05) is 9.13 Å². The molecule has 2 aromatic rings. The molecule has 0 atom stereocenters. The number of benzene rings is 2. The molecule has 0 aromatic heterocycles. The average Bonchev–Trinajstić information content (AvgIpc) is 2.97. The molecule has 2 aromatic carbocycles. The summed E-state index contributed by atoms with van der Waals surface area (Å²) in [5.41, 5.74) is 4.35. The average molecular weight is 408 g/mol. The SMILES string of the molecule is O=C(Cc1ccc2c(c1)OCO2)N/N=C\c1ccccc1I. The lowest BCUT2D eigenvalue weighted by Gasteiger charge is -2.02. The number of ether oxygens (including phenoxy) is 2. The Morgan fingerprint density at radius 3 is 2.91 bits per heavy atom. The molecule has 0 saturated heterocycles. The van der Waals surface area contributed by atoms with E-state index in [-0.39, 0.29) is 19.1 Å². The largest absolute Gasteiger partial charge is 0.454 e. The number of carbonyl (C=O) groups is 1. The number of halogens is 1. The summed E-state index contributed by atoms with van der Waals surface area (Å²) < 4.78 is 11.6. The fourth-order valence-corrected chi connectivity index (χ4v) is 2.56. The Bertz CT molecular complexity index is 731. The fraction of sp³-hybridized carbons (Fsp3) is 0.125. The van der Waals surface area contributed by atoms with Crippen LogP contribution in [0.4, 0.5) is 0 Å². The molecule has 1 heterocycles. The predicted octanol–water partition coefficient (Wildman–Crippen LogP) is 2.71. The van der Waals surface area contributed by atoms with E-state index in [4.69, 9.17) is 9.47 Å². The van der Waals surface area contributed by atoms with Gasteiger partial charge in [0.15, 0.2) is 11.5 Å². The van der Waals surface area contributed by atoms with Gasteiger partial charge < -0.3 is 9.47 Å². The second-order valence-electron chi connectivity index (χ2n) is 4.68. The molecule has 0 spiro atoms. The first kappa shape index (κ1) is 14.8. The molecule has 5 nitrogen and oxygen atoms in total. The Balaban J connectivity index is 1.58. The topological polar surface area (TPSA) is 59.9 Å². The highest BCUT2D eigenvalue weighted by atomic mass is 127. The molecule has 0 saturated carbocycles. The van der Waals surface area contributed by atoms with Crippen LogP contribution in [0, 0.1) is 3.57 Å². The second-order valence-corrected chi connectivity index (χ2v) is 5.84. The lowest BCUT2D eigenvalue weighted by atomic mass is 10.1. The molecule has 0 radical (unpaired) electrons. The van der Waals surface area contributed by atoms with Crippen LogP contribution in [0.5, 0.6) is 11.5 Å². The van der Waals surface area contributed by atoms with Crippen LogP contribution in [-0.2, 0) is 11.2 Å². The molecule has 0 fully saturated rings. The van der Waals surface area contributed by atoms with E-state index in [1.807, 2.05) is 36.4 Å². The smallest absolute Gasteiger partial charge is 0.244 e. The summed E-state index contributed by atoms with van der Waals surface area (Å²) in [6, 6.07) is 13.3. The molecule has 1 N–H and O–H groups in total. The normalized spacial score (nSPS) is 12.6. The highest BCUT2D eigenvalue weighted by molar-refractivity contribution is 14.1. The maximum absolute atomic E-state index is 11.9. The second kappa shape index (κ2) is 6.78. The number of hydrogen-bond donors (Lipinski definition) is 1. The standard InChI is InChI=1S/C16H13IN2O3/c17-13-4-2-1-3-12(13)9-18-19-16(20)8-11-5-6-14-15(7-11)22-10-21-14/h1-7,9H,8,10H2,(H,19,20)/b18-9-. The molecule has 22 heavy (non-hydrogen) atoms. The van der Waals surface area contributed by atoms with Crippen LogP contribution in [0.15, 0.2) is 47.6 Å². The Hall–Kier alpha value is -2.09. The van der Waals surface area contributed by atoms with Gasteiger partial charge in [-0.05, 0) is 46.4 Å². The van der Waals surface area contributed by atoms with Gasteiger partial charge in [0.05, 0.1) is 12.6 Å². The number of fused-ring (bicyclic) bond motifs is 1. The molecule has 0 bridgehead atoms. The van der Waals surface area contributed by atoms with Gasteiger partial charge in [-0.1, -0.05) is 24.3 Å². The molecule has 1 amide bonds. The predicted molar refractivity (Wildman–Crippen MR) is 91.2 cm³/mol. The van der Waals surface area contributed by atoms with Crippen molar-refractivity contribution in [1.29, 1.82) is 0 Å². The van der Waals surface area contributed by atoms with Gasteiger partial charge in [0.2, 0.25) is 12.7 Å². The van der Waals surface area contributed by atoms with Crippen molar-refractivity contribution >= 4 is 34.7 Å². The Morgan fingerprint density at radius 1 is 1.23 bits per heavy atom. The molecule has 1 aliphatic rings. The first-order valence-electron chi connectivity index (χ1n) is 6.67. The summed E-state index contributed by atoms with van der Waals surface area (Å²) in [6.07, 6.45) is 1.87. The van der Waals surface area contributed by atoms with Crippen molar-refractivity contribution in [1.82, 2.24) is 5.43 Å². The molecule has 0 unspecified atom stereocenters. The van der Waals surface area contributed by atoms with Crippen molar-refractivity contribution < 1.29 is 14.3 Å². The number of nitrogens with one attached hydrogen (secondary N) is 1. The van der Waals surface area contributed by atoms with E-state index < -0.39 is 0 Å². The lowest BCUT2D eigenvalue weighted by molar-refractivity contribution is -0.120. The van der Waals surface area contributed by atoms with Crippen LogP contribution in [0.25, 0.3) is 0 Å². The van der Waals surface area contributed by atoms with Gasteiger partial charge in [0.1, 0.15) is 0 Å². The number of hydrogen-bond acceptors (Lipinski definition) is 4. The number of carbonyl (C=O) groups excluding carboxylic acids is 1. The van der Waals surface area contributed by atoms with Crippen molar-refractivity contribution in [2.24, 2.45) is 5.10 Å². The van der Waals surface area contributed by atoms with E-state index in [1.165, 1.54) is 0 Å². The highest BCUT2D eigenvalue weighted by Gasteiger charge is 2.14. The van der Waals surface area contributed by atoms with E-state index in [2.05, 4.69) is 33.1 Å². The summed E-state index contributed by atoms with van der Waals surface area (Å²) in [5, 5.41) is 3.99. The van der Waals surface area contributed by atoms with Gasteiger partial charge in [-0.2, -0.15) is 5.10 Å². The zero-order valence-corrected chi connectivity index (χ0v) is 13.7.